The Morgan fingerprint density at radius 2 is 2.05 bits per heavy atom. The lowest BCUT2D eigenvalue weighted by Gasteiger charge is -2.51. The number of piperidine rings is 1. The summed E-state index contributed by atoms with van der Waals surface area (Å²) in [6.45, 7) is 7.73. The number of halogens is 2. The van der Waals surface area contributed by atoms with Crippen LogP contribution in [0, 0.1) is 11.7 Å². The fourth-order valence-corrected chi connectivity index (χ4v) is 3.99. The number of hydrogen-bond acceptors (Lipinski definition) is 2. The molecule has 2 fully saturated rings. The van der Waals surface area contributed by atoms with Crippen molar-refractivity contribution in [1.29, 1.82) is 0 Å². The van der Waals surface area contributed by atoms with E-state index in [1.807, 2.05) is 0 Å². The van der Waals surface area contributed by atoms with E-state index in [0.29, 0.717) is 23.0 Å². The highest BCUT2D eigenvalue weighted by atomic mass is 35.5. The SMILES string of the molecule is CC(C)C1CN2CCCCC2CN1c1cc(F)ccc1Cl. The highest BCUT2D eigenvalue weighted by molar-refractivity contribution is 6.33. The normalized spacial score (nSPS) is 27.0. The molecule has 1 aromatic carbocycles. The van der Waals surface area contributed by atoms with Gasteiger partial charge in [-0.25, -0.2) is 4.39 Å². The summed E-state index contributed by atoms with van der Waals surface area (Å²) in [7, 11) is 0. The van der Waals surface area contributed by atoms with E-state index in [9.17, 15) is 4.39 Å². The second-order valence-electron chi connectivity index (χ2n) is 6.70. The summed E-state index contributed by atoms with van der Waals surface area (Å²) in [6, 6.07) is 5.70. The van der Waals surface area contributed by atoms with E-state index < -0.39 is 0 Å². The Bertz CT molecular complexity index is 506. The lowest BCUT2D eigenvalue weighted by Crippen LogP contribution is -2.61. The molecule has 0 bridgehead atoms. The van der Waals surface area contributed by atoms with Gasteiger partial charge in [-0.2, -0.15) is 0 Å². The largest absolute Gasteiger partial charge is 0.364 e. The number of piperazine rings is 1. The topological polar surface area (TPSA) is 6.48 Å². The van der Waals surface area contributed by atoms with Gasteiger partial charge in [0.15, 0.2) is 0 Å². The molecule has 2 heterocycles. The lowest BCUT2D eigenvalue weighted by atomic mass is 9.91. The smallest absolute Gasteiger partial charge is 0.125 e. The molecule has 0 radical (unpaired) electrons. The third-order valence-electron chi connectivity index (χ3n) is 4.97. The molecule has 1 aromatic rings. The van der Waals surface area contributed by atoms with Gasteiger partial charge in [-0.3, -0.25) is 4.90 Å². The molecule has 2 saturated heterocycles. The van der Waals surface area contributed by atoms with Crippen molar-refractivity contribution in [3.8, 4) is 0 Å². The van der Waals surface area contributed by atoms with Gasteiger partial charge < -0.3 is 4.90 Å². The molecule has 4 heteroatoms. The molecular formula is C17H24ClFN2. The van der Waals surface area contributed by atoms with Gasteiger partial charge in [0.2, 0.25) is 0 Å². The van der Waals surface area contributed by atoms with E-state index in [1.165, 1.54) is 31.9 Å². The van der Waals surface area contributed by atoms with E-state index >= 15 is 0 Å². The first-order chi connectivity index (χ1) is 10.1. The third-order valence-corrected chi connectivity index (χ3v) is 5.29. The van der Waals surface area contributed by atoms with Crippen molar-refractivity contribution in [2.24, 2.45) is 5.92 Å². The minimum absolute atomic E-state index is 0.206. The zero-order chi connectivity index (χ0) is 15.0. The number of fused-ring (bicyclic) bond motifs is 1. The van der Waals surface area contributed by atoms with Crippen molar-refractivity contribution in [3.05, 3.63) is 29.0 Å². The molecule has 0 amide bonds. The van der Waals surface area contributed by atoms with Gasteiger partial charge >= 0.3 is 0 Å². The molecule has 3 rings (SSSR count). The van der Waals surface area contributed by atoms with Crippen LogP contribution < -0.4 is 4.90 Å². The highest BCUT2D eigenvalue weighted by Gasteiger charge is 2.37. The van der Waals surface area contributed by atoms with Gasteiger partial charge in [0.25, 0.3) is 0 Å². The Morgan fingerprint density at radius 3 is 2.81 bits per heavy atom. The monoisotopic (exact) mass is 310 g/mol. The predicted molar refractivity (Wildman–Crippen MR) is 86.6 cm³/mol. The standard InChI is InChI=1S/C17H24ClFN2/c1-12(2)17-11-20-8-4-3-5-14(20)10-21(17)16-9-13(19)6-7-15(16)18/h6-7,9,12,14,17H,3-5,8,10-11H2,1-2H3. The van der Waals surface area contributed by atoms with Gasteiger partial charge in [0.05, 0.1) is 10.7 Å². The fourth-order valence-electron chi connectivity index (χ4n) is 3.76. The minimum atomic E-state index is -0.206. The zero-order valence-corrected chi connectivity index (χ0v) is 13.6. The average molecular weight is 311 g/mol. The Labute approximate surface area is 131 Å². The Kier molecular flexibility index (Phi) is 4.41. The first-order valence-electron chi connectivity index (χ1n) is 8.02. The second kappa shape index (κ2) is 6.13. The zero-order valence-electron chi connectivity index (χ0n) is 12.9. The highest BCUT2D eigenvalue weighted by Crippen LogP contribution is 2.35. The Hall–Kier alpha value is -0.800. The Morgan fingerprint density at radius 1 is 1.24 bits per heavy atom. The molecule has 21 heavy (non-hydrogen) atoms. The second-order valence-corrected chi connectivity index (χ2v) is 7.11. The van der Waals surface area contributed by atoms with Crippen molar-refractivity contribution in [2.75, 3.05) is 24.5 Å². The maximum Gasteiger partial charge on any atom is 0.125 e. The summed E-state index contributed by atoms with van der Waals surface area (Å²) >= 11 is 6.35. The van der Waals surface area contributed by atoms with Crippen molar-refractivity contribution in [2.45, 2.75) is 45.2 Å². The average Bonchev–Trinajstić information content (AvgIpc) is 2.48. The summed E-state index contributed by atoms with van der Waals surface area (Å²) in [5.74, 6) is 0.315. The van der Waals surface area contributed by atoms with Gasteiger partial charge in [-0.15, -0.1) is 0 Å². The minimum Gasteiger partial charge on any atom is -0.364 e. The van der Waals surface area contributed by atoms with E-state index in [2.05, 4.69) is 23.6 Å². The summed E-state index contributed by atoms with van der Waals surface area (Å²) < 4.78 is 13.7. The molecule has 0 aromatic heterocycles. The van der Waals surface area contributed by atoms with E-state index in [4.69, 9.17) is 11.6 Å². The molecule has 0 spiro atoms. The molecule has 116 valence electrons. The van der Waals surface area contributed by atoms with Crippen LogP contribution >= 0.6 is 11.6 Å². The van der Waals surface area contributed by atoms with E-state index in [0.717, 1.165) is 18.8 Å². The lowest BCUT2D eigenvalue weighted by molar-refractivity contribution is 0.100. The van der Waals surface area contributed by atoms with Crippen molar-refractivity contribution in [3.63, 3.8) is 0 Å². The quantitative estimate of drug-likeness (QED) is 0.808. The van der Waals surface area contributed by atoms with Crippen LogP contribution in [0.25, 0.3) is 0 Å². The van der Waals surface area contributed by atoms with Crippen LogP contribution in [-0.4, -0.2) is 36.6 Å². The van der Waals surface area contributed by atoms with Crippen LogP contribution in [0.1, 0.15) is 33.1 Å². The van der Waals surface area contributed by atoms with Crippen molar-refractivity contribution in [1.82, 2.24) is 4.90 Å². The number of hydrogen-bond donors (Lipinski definition) is 0. The van der Waals surface area contributed by atoms with Crippen LogP contribution in [0.4, 0.5) is 10.1 Å². The Balaban J connectivity index is 1.91. The third kappa shape index (κ3) is 3.04. The summed E-state index contributed by atoms with van der Waals surface area (Å²) in [4.78, 5) is 4.97. The maximum absolute atomic E-state index is 13.7. The molecular weight excluding hydrogens is 287 g/mol. The first-order valence-corrected chi connectivity index (χ1v) is 8.40. The van der Waals surface area contributed by atoms with E-state index in [1.54, 1.807) is 12.1 Å². The van der Waals surface area contributed by atoms with Gasteiger partial charge in [-0.1, -0.05) is 31.9 Å². The molecule has 2 aliphatic rings. The summed E-state index contributed by atoms with van der Waals surface area (Å²) in [5, 5.41) is 0.659. The van der Waals surface area contributed by atoms with Crippen LogP contribution in [0.5, 0.6) is 0 Å². The maximum atomic E-state index is 13.7. The van der Waals surface area contributed by atoms with Crippen LogP contribution in [0.15, 0.2) is 18.2 Å². The number of benzene rings is 1. The number of anilines is 1. The molecule has 0 N–H and O–H groups in total. The van der Waals surface area contributed by atoms with Crippen LogP contribution in [0.2, 0.25) is 5.02 Å². The number of rotatable bonds is 2. The molecule has 2 aliphatic heterocycles. The number of nitrogens with zero attached hydrogens (tertiary/aromatic N) is 2. The molecule has 0 aliphatic carbocycles. The molecule has 0 saturated carbocycles. The van der Waals surface area contributed by atoms with Crippen molar-refractivity contribution < 1.29 is 4.39 Å². The summed E-state index contributed by atoms with van der Waals surface area (Å²) in [5.41, 5.74) is 0.862. The van der Waals surface area contributed by atoms with Crippen LogP contribution in [-0.2, 0) is 0 Å². The molecule has 2 nitrogen and oxygen atoms in total. The molecule has 2 unspecified atom stereocenters. The van der Waals surface area contributed by atoms with Gasteiger partial charge in [-0.05, 0) is 43.5 Å². The predicted octanol–water partition coefficient (Wildman–Crippen LogP) is 4.18. The molecule has 2 atom stereocenters. The first kappa shape index (κ1) is 15.1. The van der Waals surface area contributed by atoms with Crippen LogP contribution in [0.3, 0.4) is 0 Å². The summed E-state index contributed by atoms with van der Waals surface area (Å²) in [6.07, 6.45) is 3.86. The van der Waals surface area contributed by atoms with Gasteiger partial charge in [0, 0.05) is 25.2 Å². The van der Waals surface area contributed by atoms with E-state index in [-0.39, 0.29) is 5.82 Å². The van der Waals surface area contributed by atoms with Crippen molar-refractivity contribution >= 4 is 17.3 Å². The fraction of sp³-hybridized carbons (Fsp3) is 0.647. The van der Waals surface area contributed by atoms with Gasteiger partial charge in [0.1, 0.15) is 5.82 Å².